The second-order valence-corrected chi connectivity index (χ2v) is 7.06. The highest BCUT2D eigenvalue weighted by molar-refractivity contribution is 5.85. The van der Waals surface area contributed by atoms with E-state index in [0.717, 1.165) is 25.0 Å². The minimum Gasteiger partial charge on any atom is -0.365 e. The van der Waals surface area contributed by atoms with Crippen molar-refractivity contribution < 1.29 is 4.79 Å². The number of aromatic amines is 1. The second-order valence-electron chi connectivity index (χ2n) is 7.06. The number of carbonyl (C=O) groups excluding carboxylic acids is 1. The number of amides is 1. The van der Waals surface area contributed by atoms with Crippen molar-refractivity contribution in [2.45, 2.75) is 50.6 Å². The van der Waals surface area contributed by atoms with Crippen LogP contribution in [0.25, 0.3) is 0 Å². The highest BCUT2D eigenvalue weighted by Crippen LogP contribution is 2.41. The monoisotopic (exact) mass is 339 g/mol. The highest BCUT2D eigenvalue weighted by atomic mass is 16.2. The predicted molar refractivity (Wildman–Crippen MR) is 96.2 cm³/mol. The lowest BCUT2D eigenvalue weighted by atomic mass is 9.85. The number of hydrogen-bond acceptors (Lipinski definition) is 4. The third-order valence-electron chi connectivity index (χ3n) is 5.53. The molecule has 0 radical (unpaired) electrons. The minimum atomic E-state index is -0.154. The van der Waals surface area contributed by atoms with E-state index in [1.807, 2.05) is 24.4 Å². The molecule has 2 aliphatic rings. The van der Waals surface area contributed by atoms with Crippen molar-refractivity contribution in [1.29, 1.82) is 0 Å². The first-order valence-corrected chi connectivity index (χ1v) is 9.28. The third-order valence-corrected chi connectivity index (χ3v) is 5.53. The zero-order valence-corrected chi connectivity index (χ0v) is 14.4. The van der Waals surface area contributed by atoms with E-state index in [2.05, 4.69) is 25.2 Å². The van der Waals surface area contributed by atoms with Crippen LogP contribution in [0.1, 0.15) is 37.8 Å². The molecule has 132 valence electrons. The molecule has 4 rings (SSSR count). The first-order chi connectivity index (χ1) is 12.3. The van der Waals surface area contributed by atoms with Crippen LogP contribution in [0.4, 0.5) is 5.95 Å². The normalized spacial score (nSPS) is 25.6. The van der Waals surface area contributed by atoms with Crippen molar-refractivity contribution >= 4 is 11.9 Å². The van der Waals surface area contributed by atoms with Gasteiger partial charge in [-0.3, -0.25) is 4.79 Å². The molecule has 0 bridgehead atoms. The Bertz CT molecular complexity index is 687. The van der Waals surface area contributed by atoms with Gasteiger partial charge in [-0.1, -0.05) is 12.8 Å². The number of anilines is 1. The second kappa shape index (κ2) is 7.25. The van der Waals surface area contributed by atoms with Crippen LogP contribution in [0, 0.1) is 5.92 Å². The number of aromatic nitrogens is 3. The lowest BCUT2D eigenvalue weighted by Gasteiger charge is -2.33. The van der Waals surface area contributed by atoms with E-state index >= 15 is 0 Å². The van der Waals surface area contributed by atoms with Crippen LogP contribution < -0.4 is 10.2 Å². The van der Waals surface area contributed by atoms with Crippen molar-refractivity contribution in [1.82, 2.24) is 20.3 Å². The van der Waals surface area contributed by atoms with Crippen LogP contribution in [0.3, 0.4) is 0 Å². The fourth-order valence-electron chi connectivity index (χ4n) is 4.37. The fraction of sp³-hybridized carbons (Fsp3) is 0.526. The average molecular weight is 339 g/mol. The number of nitrogens with one attached hydrogen (secondary N) is 2. The van der Waals surface area contributed by atoms with Crippen molar-refractivity contribution in [3.8, 4) is 0 Å². The molecule has 6 nitrogen and oxygen atoms in total. The molecule has 3 unspecified atom stereocenters. The fourth-order valence-corrected chi connectivity index (χ4v) is 4.37. The average Bonchev–Trinajstić information content (AvgIpc) is 3.30. The lowest BCUT2D eigenvalue weighted by Crippen LogP contribution is -2.48. The molecular formula is C19H25N5O. The Balaban J connectivity index is 1.46. The Kier molecular flexibility index (Phi) is 4.68. The summed E-state index contributed by atoms with van der Waals surface area (Å²) in [5, 5.41) is 3.12. The Hall–Kier alpha value is -2.37. The molecule has 1 saturated carbocycles. The van der Waals surface area contributed by atoms with Gasteiger partial charge in [0.15, 0.2) is 0 Å². The van der Waals surface area contributed by atoms with Crippen LogP contribution in [-0.2, 0) is 11.2 Å². The summed E-state index contributed by atoms with van der Waals surface area (Å²) in [6, 6.07) is 6.09. The molecule has 1 amide bonds. The summed E-state index contributed by atoms with van der Waals surface area (Å²) in [4.78, 5) is 27.1. The van der Waals surface area contributed by atoms with E-state index < -0.39 is 0 Å². The Morgan fingerprint density at radius 1 is 1.24 bits per heavy atom. The van der Waals surface area contributed by atoms with Gasteiger partial charge in [0.1, 0.15) is 6.04 Å². The number of hydrogen-bond donors (Lipinski definition) is 2. The van der Waals surface area contributed by atoms with Gasteiger partial charge in [-0.2, -0.15) is 0 Å². The molecular weight excluding hydrogens is 314 g/mol. The topological polar surface area (TPSA) is 73.9 Å². The Morgan fingerprint density at radius 2 is 2.08 bits per heavy atom. The first-order valence-electron chi connectivity index (χ1n) is 9.28. The van der Waals surface area contributed by atoms with Crippen molar-refractivity contribution in [2.24, 2.45) is 5.92 Å². The van der Waals surface area contributed by atoms with Gasteiger partial charge < -0.3 is 15.2 Å². The van der Waals surface area contributed by atoms with E-state index in [1.165, 1.54) is 19.3 Å². The van der Waals surface area contributed by atoms with Crippen LogP contribution in [0.5, 0.6) is 0 Å². The van der Waals surface area contributed by atoms with Crippen LogP contribution in [0.2, 0.25) is 0 Å². The van der Waals surface area contributed by atoms with Crippen molar-refractivity contribution in [2.75, 3.05) is 11.4 Å². The van der Waals surface area contributed by atoms with E-state index in [9.17, 15) is 4.79 Å². The third kappa shape index (κ3) is 3.38. The minimum absolute atomic E-state index is 0.105. The van der Waals surface area contributed by atoms with Gasteiger partial charge in [-0.15, -0.1) is 0 Å². The number of nitrogens with zero attached hydrogens (tertiary/aromatic N) is 3. The molecule has 1 aliphatic carbocycles. The summed E-state index contributed by atoms with van der Waals surface area (Å²) in [5.41, 5.74) is 1.14. The van der Waals surface area contributed by atoms with E-state index in [0.29, 0.717) is 24.5 Å². The van der Waals surface area contributed by atoms with Crippen molar-refractivity contribution in [3.05, 3.63) is 42.5 Å². The van der Waals surface area contributed by atoms with Crippen LogP contribution >= 0.6 is 0 Å². The highest BCUT2D eigenvalue weighted by Gasteiger charge is 2.46. The number of rotatable bonds is 5. The summed E-state index contributed by atoms with van der Waals surface area (Å²) in [5.74, 6) is 1.38. The molecule has 2 aromatic rings. The number of carbonyl (C=O) groups is 1. The molecule has 0 aromatic carbocycles. The van der Waals surface area contributed by atoms with Gasteiger partial charge in [0.25, 0.3) is 0 Å². The largest absolute Gasteiger partial charge is 0.365 e. The van der Waals surface area contributed by atoms with Crippen molar-refractivity contribution in [3.63, 3.8) is 0 Å². The standard InChI is InChI=1S/C19H25N5O/c25-18(21-12-8-15-6-3-9-20-15)17-13-14-5-1-2-7-16(14)24(17)19-22-10-4-11-23-19/h3-4,6,9-11,14,16-17,20H,1-2,5,7-8,12-13H2,(H,21,25). The SMILES string of the molecule is O=C(NCCc1ccc[nH]1)C1CC2CCCCC2N1c1ncccn1. The molecule has 2 aromatic heterocycles. The maximum Gasteiger partial charge on any atom is 0.242 e. The molecule has 2 fully saturated rings. The summed E-state index contributed by atoms with van der Waals surface area (Å²) in [6.45, 7) is 0.647. The first kappa shape index (κ1) is 16.1. The molecule has 3 atom stereocenters. The number of H-pyrrole nitrogens is 1. The Labute approximate surface area is 148 Å². The maximum atomic E-state index is 12.9. The lowest BCUT2D eigenvalue weighted by molar-refractivity contribution is -0.122. The summed E-state index contributed by atoms with van der Waals surface area (Å²) in [7, 11) is 0. The predicted octanol–water partition coefficient (Wildman–Crippen LogP) is 2.30. The van der Waals surface area contributed by atoms with E-state index in [-0.39, 0.29) is 11.9 Å². The summed E-state index contributed by atoms with van der Waals surface area (Å²) >= 11 is 0. The van der Waals surface area contributed by atoms with Gasteiger partial charge >= 0.3 is 0 Å². The van der Waals surface area contributed by atoms with Gasteiger partial charge in [0.2, 0.25) is 11.9 Å². The van der Waals surface area contributed by atoms with E-state index in [4.69, 9.17) is 0 Å². The maximum absolute atomic E-state index is 12.9. The quantitative estimate of drug-likeness (QED) is 0.877. The van der Waals surface area contributed by atoms with Crippen LogP contribution in [0.15, 0.2) is 36.8 Å². The van der Waals surface area contributed by atoms with Gasteiger partial charge in [-0.25, -0.2) is 9.97 Å². The molecule has 2 N–H and O–H groups in total. The van der Waals surface area contributed by atoms with Gasteiger partial charge in [-0.05, 0) is 43.4 Å². The summed E-state index contributed by atoms with van der Waals surface area (Å²) in [6.07, 6.45) is 12.0. The van der Waals surface area contributed by atoms with Gasteiger partial charge in [0.05, 0.1) is 0 Å². The van der Waals surface area contributed by atoms with E-state index in [1.54, 1.807) is 12.4 Å². The van der Waals surface area contributed by atoms with Gasteiger partial charge in [0, 0.05) is 43.3 Å². The zero-order chi connectivity index (χ0) is 17.1. The molecule has 3 heterocycles. The smallest absolute Gasteiger partial charge is 0.242 e. The molecule has 25 heavy (non-hydrogen) atoms. The van der Waals surface area contributed by atoms with Crippen LogP contribution in [-0.4, -0.2) is 39.5 Å². The molecule has 0 spiro atoms. The number of fused-ring (bicyclic) bond motifs is 1. The Morgan fingerprint density at radius 3 is 2.88 bits per heavy atom. The zero-order valence-electron chi connectivity index (χ0n) is 14.4. The summed E-state index contributed by atoms with van der Waals surface area (Å²) < 4.78 is 0. The molecule has 1 saturated heterocycles. The molecule has 1 aliphatic heterocycles. The molecule has 6 heteroatoms.